The number of nitrogens with one attached hydrogen (secondary N) is 2. The number of rotatable bonds is 6. The summed E-state index contributed by atoms with van der Waals surface area (Å²) in [6.45, 7) is 5.33. The standard InChI is InChI=1S/C16H24N4/c1-16(2,20(3)4)12-19-14(15-17-10-11-18-15)13-8-6-5-7-9-13/h5-11,14,19H,12H2,1-4H3,(H,17,18)/t14-/m1/s1. The number of hydrogen-bond acceptors (Lipinski definition) is 3. The molecule has 0 radical (unpaired) electrons. The van der Waals surface area contributed by atoms with Gasteiger partial charge in [0.15, 0.2) is 0 Å². The molecule has 0 amide bonds. The van der Waals surface area contributed by atoms with Gasteiger partial charge in [-0.15, -0.1) is 0 Å². The largest absolute Gasteiger partial charge is 0.347 e. The number of likely N-dealkylation sites (N-methyl/N-ethyl adjacent to an activating group) is 1. The first kappa shape index (κ1) is 14.8. The fraction of sp³-hybridized carbons (Fsp3) is 0.438. The third kappa shape index (κ3) is 3.46. The van der Waals surface area contributed by atoms with Crippen LogP contribution >= 0.6 is 0 Å². The average molecular weight is 272 g/mol. The van der Waals surface area contributed by atoms with E-state index in [0.29, 0.717) is 0 Å². The third-order valence-electron chi connectivity index (χ3n) is 3.88. The second kappa shape index (κ2) is 6.20. The molecule has 1 atom stereocenters. The van der Waals surface area contributed by atoms with Crippen LogP contribution in [0.25, 0.3) is 0 Å². The van der Waals surface area contributed by atoms with Gasteiger partial charge in [0.25, 0.3) is 0 Å². The van der Waals surface area contributed by atoms with E-state index in [0.717, 1.165) is 12.4 Å². The summed E-state index contributed by atoms with van der Waals surface area (Å²) >= 11 is 0. The zero-order valence-corrected chi connectivity index (χ0v) is 12.7. The SMILES string of the molecule is CN(C)C(C)(C)CN[C@H](c1ccccc1)c1ncc[nH]1. The van der Waals surface area contributed by atoms with Crippen LogP contribution in [0.15, 0.2) is 42.7 Å². The van der Waals surface area contributed by atoms with Crippen LogP contribution in [0.5, 0.6) is 0 Å². The summed E-state index contributed by atoms with van der Waals surface area (Å²) in [6, 6.07) is 10.5. The van der Waals surface area contributed by atoms with Crippen molar-refractivity contribution in [3.05, 3.63) is 54.1 Å². The van der Waals surface area contributed by atoms with Gasteiger partial charge >= 0.3 is 0 Å². The molecule has 2 N–H and O–H groups in total. The molecule has 0 spiro atoms. The van der Waals surface area contributed by atoms with Crippen molar-refractivity contribution < 1.29 is 0 Å². The second-order valence-corrected chi connectivity index (χ2v) is 5.91. The van der Waals surface area contributed by atoms with Crippen molar-refractivity contribution in [2.75, 3.05) is 20.6 Å². The Morgan fingerprint density at radius 1 is 1.25 bits per heavy atom. The molecule has 0 aliphatic carbocycles. The Balaban J connectivity index is 2.17. The Hall–Kier alpha value is -1.65. The number of aromatic amines is 1. The maximum atomic E-state index is 4.41. The van der Waals surface area contributed by atoms with Crippen molar-refractivity contribution >= 4 is 0 Å². The lowest BCUT2D eigenvalue weighted by molar-refractivity contribution is 0.186. The van der Waals surface area contributed by atoms with Crippen LogP contribution in [0.1, 0.15) is 31.3 Å². The molecule has 0 aliphatic rings. The minimum absolute atomic E-state index is 0.0830. The van der Waals surface area contributed by atoms with Crippen LogP contribution in [-0.4, -0.2) is 41.0 Å². The minimum atomic E-state index is 0.0830. The van der Waals surface area contributed by atoms with E-state index < -0.39 is 0 Å². The molecule has 0 aliphatic heterocycles. The number of imidazole rings is 1. The van der Waals surface area contributed by atoms with Crippen molar-refractivity contribution in [1.29, 1.82) is 0 Å². The summed E-state index contributed by atoms with van der Waals surface area (Å²) in [6.07, 6.45) is 3.66. The number of aromatic nitrogens is 2. The summed E-state index contributed by atoms with van der Waals surface area (Å²) in [5.74, 6) is 0.950. The van der Waals surface area contributed by atoms with Gasteiger partial charge in [-0.1, -0.05) is 30.3 Å². The molecule has 1 aromatic heterocycles. The fourth-order valence-corrected chi connectivity index (χ4v) is 1.96. The Morgan fingerprint density at radius 3 is 2.50 bits per heavy atom. The summed E-state index contributed by atoms with van der Waals surface area (Å²) in [5.41, 5.74) is 1.30. The molecule has 2 rings (SSSR count). The first-order chi connectivity index (χ1) is 9.50. The maximum absolute atomic E-state index is 4.41. The van der Waals surface area contributed by atoms with E-state index in [9.17, 15) is 0 Å². The zero-order valence-electron chi connectivity index (χ0n) is 12.7. The van der Waals surface area contributed by atoms with Crippen LogP contribution in [0.4, 0.5) is 0 Å². The predicted octanol–water partition coefficient (Wildman–Crippen LogP) is 2.43. The lowest BCUT2D eigenvalue weighted by Gasteiger charge is -2.34. The Labute approximate surface area is 121 Å². The molecule has 4 heteroatoms. The van der Waals surface area contributed by atoms with Crippen molar-refractivity contribution in [3.63, 3.8) is 0 Å². The first-order valence-electron chi connectivity index (χ1n) is 6.96. The molecule has 0 saturated heterocycles. The predicted molar refractivity (Wildman–Crippen MR) is 82.6 cm³/mol. The summed E-state index contributed by atoms with van der Waals surface area (Å²) in [7, 11) is 4.21. The smallest absolute Gasteiger partial charge is 0.127 e. The van der Waals surface area contributed by atoms with Gasteiger partial charge in [0.2, 0.25) is 0 Å². The highest BCUT2D eigenvalue weighted by molar-refractivity contribution is 5.24. The summed E-state index contributed by atoms with van der Waals surface area (Å²) in [5, 5.41) is 3.62. The van der Waals surface area contributed by atoms with Crippen molar-refractivity contribution in [1.82, 2.24) is 20.2 Å². The maximum Gasteiger partial charge on any atom is 0.127 e. The molecule has 1 heterocycles. The Kier molecular flexibility index (Phi) is 4.57. The molecule has 1 aromatic carbocycles. The molecule has 108 valence electrons. The topological polar surface area (TPSA) is 44.0 Å². The number of nitrogens with zero attached hydrogens (tertiary/aromatic N) is 2. The number of benzene rings is 1. The molecular formula is C16H24N4. The van der Waals surface area contributed by atoms with E-state index in [1.54, 1.807) is 6.20 Å². The van der Waals surface area contributed by atoms with E-state index in [2.05, 4.69) is 72.4 Å². The molecule has 4 nitrogen and oxygen atoms in total. The molecule has 0 fully saturated rings. The second-order valence-electron chi connectivity index (χ2n) is 5.91. The van der Waals surface area contributed by atoms with Crippen LogP contribution in [-0.2, 0) is 0 Å². The average Bonchev–Trinajstić information content (AvgIpc) is 2.94. The highest BCUT2D eigenvalue weighted by Crippen LogP contribution is 2.20. The van der Waals surface area contributed by atoms with E-state index in [-0.39, 0.29) is 11.6 Å². The van der Waals surface area contributed by atoms with E-state index in [1.165, 1.54) is 5.56 Å². The highest BCUT2D eigenvalue weighted by atomic mass is 15.2. The molecule has 0 bridgehead atoms. The first-order valence-corrected chi connectivity index (χ1v) is 6.96. The Morgan fingerprint density at radius 2 is 1.95 bits per heavy atom. The third-order valence-corrected chi connectivity index (χ3v) is 3.88. The molecule has 0 saturated carbocycles. The lowest BCUT2D eigenvalue weighted by atomic mass is 10.0. The number of H-pyrrole nitrogens is 1. The quantitative estimate of drug-likeness (QED) is 0.849. The van der Waals surface area contributed by atoms with Gasteiger partial charge in [-0.05, 0) is 33.5 Å². The molecular weight excluding hydrogens is 248 g/mol. The highest BCUT2D eigenvalue weighted by Gasteiger charge is 2.24. The van der Waals surface area contributed by atoms with Crippen molar-refractivity contribution in [3.8, 4) is 0 Å². The molecule has 20 heavy (non-hydrogen) atoms. The van der Waals surface area contributed by atoms with Gasteiger partial charge < -0.3 is 15.2 Å². The molecule has 2 aromatic rings. The van der Waals surface area contributed by atoms with E-state index >= 15 is 0 Å². The van der Waals surface area contributed by atoms with Gasteiger partial charge in [-0.2, -0.15) is 0 Å². The normalized spacial score (nSPS) is 13.7. The van der Waals surface area contributed by atoms with Crippen LogP contribution < -0.4 is 5.32 Å². The minimum Gasteiger partial charge on any atom is -0.347 e. The van der Waals surface area contributed by atoms with Crippen LogP contribution in [0, 0.1) is 0 Å². The van der Waals surface area contributed by atoms with Crippen LogP contribution in [0.2, 0.25) is 0 Å². The van der Waals surface area contributed by atoms with Crippen LogP contribution in [0.3, 0.4) is 0 Å². The molecule has 0 unspecified atom stereocenters. The summed E-state index contributed by atoms with van der Waals surface area (Å²) < 4.78 is 0. The Bertz CT molecular complexity index is 503. The van der Waals surface area contributed by atoms with Gasteiger partial charge in [0.1, 0.15) is 5.82 Å². The van der Waals surface area contributed by atoms with Gasteiger partial charge in [0, 0.05) is 24.5 Å². The summed E-state index contributed by atoms with van der Waals surface area (Å²) in [4.78, 5) is 9.85. The van der Waals surface area contributed by atoms with Crippen molar-refractivity contribution in [2.45, 2.75) is 25.4 Å². The van der Waals surface area contributed by atoms with E-state index in [4.69, 9.17) is 0 Å². The lowest BCUT2D eigenvalue weighted by Crippen LogP contribution is -2.47. The van der Waals surface area contributed by atoms with E-state index in [1.807, 2.05) is 12.3 Å². The van der Waals surface area contributed by atoms with Gasteiger partial charge in [-0.3, -0.25) is 0 Å². The van der Waals surface area contributed by atoms with Gasteiger partial charge in [0.05, 0.1) is 6.04 Å². The van der Waals surface area contributed by atoms with Gasteiger partial charge in [-0.25, -0.2) is 4.98 Å². The van der Waals surface area contributed by atoms with Crippen molar-refractivity contribution in [2.24, 2.45) is 0 Å². The number of hydrogen-bond donors (Lipinski definition) is 2. The zero-order chi connectivity index (χ0) is 14.6. The fourth-order valence-electron chi connectivity index (χ4n) is 1.96. The monoisotopic (exact) mass is 272 g/mol.